The maximum Gasteiger partial charge on any atom is 0.409 e. The molecule has 0 unspecified atom stereocenters. The lowest BCUT2D eigenvalue weighted by Crippen LogP contribution is -2.47. The SMILES string of the molecule is COC[C@]12CCCN1[C@@H](COC(=O)N1CCCC1)CC2. The normalized spacial score (nSPS) is 33.6. The van der Waals surface area contributed by atoms with Crippen LogP contribution >= 0.6 is 0 Å². The van der Waals surface area contributed by atoms with Crippen molar-refractivity contribution in [1.82, 2.24) is 9.80 Å². The zero-order chi connectivity index (χ0) is 14.0. The van der Waals surface area contributed by atoms with Crippen LogP contribution in [0.15, 0.2) is 0 Å². The lowest BCUT2D eigenvalue weighted by Gasteiger charge is -2.34. The zero-order valence-corrected chi connectivity index (χ0v) is 12.5. The van der Waals surface area contributed by atoms with E-state index in [2.05, 4.69) is 4.90 Å². The molecule has 0 aromatic carbocycles. The second kappa shape index (κ2) is 5.90. The fraction of sp³-hybridized carbons (Fsp3) is 0.933. The Morgan fingerprint density at radius 2 is 2.00 bits per heavy atom. The molecule has 2 atom stereocenters. The van der Waals surface area contributed by atoms with Crippen molar-refractivity contribution >= 4 is 6.09 Å². The summed E-state index contributed by atoms with van der Waals surface area (Å²) < 4.78 is 11.0. The molecule has 0 N–H and O–H groups in total. The summed E-state index contributed by atoms with van der Waals surface area (Å²) >= 11 is 0. The summed E-state index contributed by atoms with van der Waals surface area (Å²) in [5.41, 5.74) is 0.222. The summed E-state index contributed by atoms with van der Waals surface area (Å²) in [6.07, 6.45) is 6.86. The van der Waals surface area contributed by atoms with Crippen LogP contribution in [0.4, 0.5) is 4.79 Å². The van der Waals surface area contributed by atoms with Gasteiger partial charge in [-0.25, -0.2) is 4.79 Å². The van der Waals surface area contributed by atoms with E-state index in [1.165, 1.54) is 19.3 Å². The van der Waals surface area contributed by atoms with E-state index in [1.807, 2.05) is 4.90 Å². The molecule has 0 aromatic rings. The number of nitrogens with zero attached hydrogens (tertiary/aromatic N) is 2. The predicted molar refractivity (Wildman–Crippen MR) is 75.7 cm³/mol. The zero-order valence-electron chi connectivity index (χ0n) is 12.5. The van der Waals surface area contributed by atoms with Gasteiger partial charge < -0.3 is 14.4 Å². The van der Waals surface area contributed by atoms with Crippen LogP contribution < -0.4 is 0 Å². The fourth-order valence-electron chi connectivity index (χ4n) is 4.22. The minimum atomic E-state index is -0.120. The van der Waals surface area contributed by atoms with E-state index in [0.717, 1.165) is 45.5 Å². The van der Waals surface area contributed by atoms with Gasteiger partial charge >= 0.3 is 6.09 Å². The second-order valence-electron chi connectivity index (χ2n) is 6.42. The third-order valence-corrected chi connectivity index (χ3v) is 5.21. The molecule has 3 fully saturated rings. The summed E-state index contributed by atoms with van der Waals surface area (Å²) in [5, 5.41) is 0. The Kier molecular flexibility index (Phi) is 4.17. The first-order valence-corrected chi connectivity index (χ1v) is 7.93. The van der Waals surface area contributed by atoms with E-state index in [4.69, 9.17) is 9.47 Å². The molecule has 3 saturated heterocycles. The van der Waals surface area contributed by atoms with E-state index in [9.17, 15) is 4.79 Å². The molecule has 20 heavy (non-hydrogen) atoms. The first kappa shape index (κ1) is 14.1. The molecule has 3 heterocycles. The van der Waals surface area contributed by atoms with Crippen molar-refractivity contribution in [3.63, 3.8) is 0 Å². The molecule has 0 saturated carbocycles. The van der Waals surface area contributed by atoms with Crippen molar-refractivity contribution in [3.05, 3.63) is 0 Å². The molecule has 0 aliphatic carbocycles. The Hall–Kier alpha value is -0.810. The highest BCUT2D eigenvalue weighted by molar-refractivity contribution is 5.67. The lowest BCUT2D eigenvalue weighted by molar-refractivity contribution is 0.0282. The molecule has 114 valence electrons. The minimum Gasteiger partial charge on any atom is -0.448 e. The molecule has 0 bridgehead atoms. The van der Waals surface area contributed by atoms with Gasteiger partial charge in [0, 0.05) is 31.8 Å². The van der Waals surface area contributed by atoms with Gasteiger partial charge in [0.15, 0.2) is 0 Å². The first-order valence-electron chi connectivity index (χ1n) is 7.93. The highest BCUT2D eigenvalue weighted by Crippen LogP contribution is 2.42. The minimum absolute atomic E-state index is 0.120. The van der Waals surface area contributed by atoms with Gasteiger partial charge in [0.2, 0.25) is 0 Å². The van der Waals surface area contributed by atoms with Crippen molar-refractivity contribution < 1.29 is 14.3 Å². The number of carbonyl (C=O) groups excluding carboxylic acids is 1. The Morgan fingerprint density at radius 3 is 2.75 bits per heavy atom. The van der Waals surface area contributed by atoms with Gasteiger partial charge in [0.05, 0.1) is 6.61 Å². The number of rotatable bonds is 4. The van der Waals surface area contributed by atoms with Gasteiger partial charge in [-0.3, -0.25) is 4.90 Å². The van der Waals surface area contributed by atoms with Crippen LogP contribution in [0.5, 0.6) is 0 Å². The molecule has 1 amide bonds. The van der Waals surface area contributed by atoms with Crippen LogP contribution in [0.2, 0.25) is 0 Å². The van der Waals surface area contributed by atoms with Gasteiger partial charge in [-0.2, -0.15) is 0 Å². The molecule has 0 aromatic heterocycles. The van der Waals surface area contributed by atoms with Crippen molar-refractivity contribution in [2.24, 2.45) is 0 Å². The number of fused-ring (bicyclic) bond motifs is 1. The third-order valence-electron chi connectivity index (χ3n) is 5.21. The quantitative estimate of drug-likeness (QED) is 0.789. The largest absolute Gasteiger partial charge is 0.448 e. The average molecular weight is 282 g/mol. The summed E-state index contributed by atoms with van der Waals surface area (Å²) in [4.78, 5) is 16.3. The number of hydrogen-bond acceptors (Lipinski definition) is 4. The van der Waals surface area contributed by atoms with Gasteiger partial charge in [-0.1, -0.05) is 0 Å². The highest BCUT2D eigenvalue weighted by Gasteiger charge is 2.49. The van der Waals surface area contributed by atoms with Gasteiger partial charge in [0.25, 0.3) is 0 Å². The maximum atomic E-state index is 12.0. The van der Waals surface area contributed by atoms with Crippen LogP contribution in [0.3, 0.4) is 0 Å². The number of ether oxygens (including phenoxy) is 2. The molecule has 3 rings (SSSR count). The topological polar surface area (TPSA) is 42.0 Å². The molecule has 5 heteroatoms. The monoisotopic (exact) mass is 282 g/mol. The molecule has 0 radical (unpaired) electrons. The smallest absolute Gasteiger partial charge is 0.409 e. The molecular formula is C15H26N2O3. The molecule has 5 nitrogen and oxygen atoms in total. The number of carbonyl (C=O) groups is 1. The van der Waals surface area contributed by atoms with Crippen molar-refractivity contribution in [3.8, 4) is 0 Å². The van der Waals surface area contributed by atoms with E-state index >= 15 is 0 Å². The molecular weight excluding hydrogens is 256 g/mol. The Morgan fingerprint density at radius 1 is 1.20 bits per heavy atom. The van der Waals surface area contributed by atoms with Crippen LogP contribution in [0.1, 0.15) is 38.5 Å². The van der Waals surface area contributed by atoms with E-state index in [0.29, 0.717) is 12.6 Å². The van der Waals surface area contributed by atoms with Gasteiger partial charge in [-0.15, -0.1) is 0 Å². The number of hydrogen-bond donors (Lipinski definition) is 0. The Balaban J connectivity index is 1.52. The third kappa shape index (κ3) is 2.53. The average Bonchev–Trinajstić information content (AvgIpc) is 3.13. The fourth-order valence-corrected chi connectivity index (χ4v) is 4.22. The van der Waals surface area contributed by atoms with E-state index < -0.39 is 0 Å². The van der Waals surface area contributed by atoms with Crippen molar-refractivity contribution in [2.75, 3.05) is 40.0 Å². The summed E-state index contributed by atoms with van der Waals surface area (Å²) in [5.74, 6) is 0. The van der Waals surface area contributed by atoms with E-state index in [1.54, 1.807) is 7.11 Å². The highest BCUT2D eigenvalue weighted by atomic mass is 16.6. The Labute approximate surface area is 121 Å². The number of likely N-dealkylation sites (tertiary alicyclic amines) is 1. The summed E-state index contributed by atoms with van der Waals surface area (Å²) in [6.45, 7) is 4.20. The standard InChI is InChI=1S/C15H26N2O3/c1-19-12-15-6-4-10-17(15)13(5-7-15)11-20-14(18)16-8-2-3-9-16/h13H,2-12H2,1H3/t13-,15-/m1/s1. The van der Waals surface area contributed by atoms with Gasteiger partial charge in [0.1, 0.15) is 6.61 Å². The molecule has 3 aliphatic rings. The van der Waals surface area contributed by atoms with Crippen LogP contribution in [0.25, 0.3) is 0 Å². The van der Waals surface area contributed by atoms with Crippen LogP contribution in [0, 0.1) is 0 Å². The predicted octanol–water partition coefficient (Wildman–Crippen LogP) is 1.86. The first-order chi connectivity index (χ1) is 9.75. The number of amides is 1. The van der Waals surface area contributed by atoms with E-state index in [-0.39, 0.29) is 11.6 Å². The second-order valence-corrected chi connectivity index (χ2v) is 6.42. The van der Waals surface area contributed by atoms with Crippen molar-refractivity contribution in [2.45, 2.75) is 50.1 Å². The Bertz CT molecular complexity index is 357. The number of methoxy groups -OCH3 is 1. The lowest BCUT2D eigenvalue weighted by atomic mass is 9.95. The summed E-state index contributed by atoms with van der Waals surface area (Å²) in [6, 6.07) is 0.388. The maximum absolute atomic E-state index is 12.0. The van der Waals surface area contributed by atoms with Crippen LogP contribution in [-0.4, -0.2) is 67.4 Å². The van der Waals surface area contributed by atoms with Crippen molar-refractivity contribution in [1.29, 1.82) is 0 Å². The summed E-state index contributed by atoms with van der Waals surface area (Å²) in [7, 11) is 1.78. The van der Waals surface area contributed by atoms with Crippen LogP contribution in [-0.2, 0) is 9.47 Å². The van der Waals surface area contributed by atoms with Gasteiger partial charge in [-0.05, 0) is 45.1 Å². The molecule has 3 aliphatic heterocycles. The molecule has 0 spiro atoms.